The maximum Gasteiger partial charge on any atom is 0.267 e. The topological polar surface area (TPSA) is 90.6 Å². The first kappa shape index (κ1) is 23.1. The molecule has 2 aromatic rings. The number of carbonyl (C=O) groups is 1. The molecule has 0 saturated heterocycles. The van der Waals surface area contributed by atoms with Crippen LogP contribution in [0.2, 0.25) is 0 Å². The SMILES string of the molecule is CCCCCc1nc2cc(C=CC(=O)NO)ccc2n1CCN(CC)CCCO. The summed E-state index contributed by atoms with van der Waals surface area (Å²) in [4.78, 5) is 18.4. The van der Waals surface area contributed by atoms with E-state index in [1.165, 1.54) is 18.9 Å². The summed E-state index contributed by atoms with van der Waals surface area (Å²) < 4.78 is 2.31. The number of rotatable bonds is 13. The highest BCUT2D eigenvalue weighted by Gasteiger charge is 2.12. The fourth-order valence-electron chi connectivity index (χ4n) is 3.45. The van der Waals surface area contributed by atoms with Gasteiger partial charge < -0.3 is 14.6 Å². The predicted octanol–water partition coefficient (Wildman–Crippen LogP) is 2.99. The molecule has 160 valence electrons. The summed E-state index contributed by atoms with van der Waals surface area (Å²) in [6.45, 7) is 8.20. The van der Waals surface area contributed by atoms with E-state index in [0.717, 1.165) is 67.9 Å². The average Bonchev–Trinajstić information content (AvgIpc) is 3.08. The molecular formula is C22H34N4O3. The predicted molar refractivity (Wildman–Crippen MR) is 116 cm³/mol. The number of likely N-dealkylation sites (N-methyl/N-ethyl adjacent to an activating group) is 1. The molecule has 1 heterocycles. The number of amides is 1. The minimum absolute atomic E-state index is 0.220. The number of carbonyl (C=O) groups excluding carboxylic acids is 1. The van der Waals surface area contributed by atoms with E-state index in [0.29, 0.717) is 0 Å². The zero-order valence-corrected chi connectivity index (χ0v) is 17.6. The number of unbranched alkanes of at least 4 members (excludes halogenated alkanes) is 2. The number of aromatic nitrogens is 2. The van der Waals surface area contributed by atoms with Gasteiger partial charge in [0.05, 0.1) is 11.0 Å². The molecule has 2 rings (SSSR count). The molecule has 29 heavy (non-hydrogen) atoms. The zero-order chi connectivity index (χ0) is 21.1. The van der Waals surface area contributed by atoms with Gasteiger partial charge in [0.15, 0.2) is 0 Å². The van der Waals surface area contributed by atoms with Crippen LogP contribution in [-0.2, 0) is 17.8 Å². The van der Waals surface area contributed by atoms with E-state index in [9.17, 15) is 4.79 Å². The van der Waals surface area contributed by atoms with Crippen LogP contribution >= 0.6 is 0 Å². The molecule has 0 fully saturated rings. The lowest BCUT2D eigenvalue weighted by Crippen LogP contribution is -2.29. The minimum atomic E-state index is -0.557. The van der Waals surface area contributed by atoms with E-state index >= 15 is 0 Å². The second kappa shape index (κ2) is 12.4. The summed E-state index contributed by atoms with van der Waals surface area (Å²) in [5.74, 6) is 0.541. The molecule has 0 spiro atoms. The number of imidazole rings is 1. The third-order valence-corrected chi connectivity index (χ3v) is 5.11. The van der Waals surface area contributed by atoms with Gasteiger partial charge in [-0.1, -0.05) is 32.8 Å². The number of hydroxylamine groups is 1. The minimum Gasteiger partial charge on any atom is -0.396 e. The van der Waals surface area contributed by atoms with Crippen LogP contribution in [0, 0.1) is 0 Å². The lowest BCUT2D eigenvalue weighted by molar-refractivity contribution is -0.124. The Labute approximate surface area is 173 Å². The van der Waals surface area contributed by atoms with Crippen molar-refractivity contribution in [2.24, 2.45) is 0 Å². The fraction of sp³-hybridized carbons (Fsp3) is 0.545. The van der Waals surface area contributed by atoms with Crippen LogP contribution < -0.4 is 5.48 Å². The van der Waals surface area contributed by atoms with Gasteiger partial charge in [-0.25, -0.2) is 10.5 Å². The number of aliphatic hydroxyl groups excluding tert-OH is 1. The van der Waals surface area contributed by atoms with Crippen LogP contribution in [-0.4, -0.2) is 56.9 Å². The number of hydrogen-bond acceptors (Lipinski definition) is 5. The summed E-state index contributed by atoms with van der Waals surface area (Å²) in [6.07, 6.45) is 8.17. The van der Waals surface area contributed by atoms with Crippen LogP contribution in [0.15, 0.2) is 24.3 Å². The van der Waals surface area contributed by atoms with Crippen molar-refractivity contribution in [1.82, 2.24) is 19.9 Å². The molecule has 0 bridgehead atoms. The maximum absolute atomic E-state index is 11.2. The molecule has 3 N–H and O–H groups in total. The first-order valence-corrected chi connectivity index (χ1v) is 10.6. The number of nitrogens with one attached hydrogen (secondary N) is 1. The molecule has 1 amide bonds. The second-order valence-electron chi connectivity index (χ2n) is 7.21. The van der Waals surface area contributed by atoms with Crippen molar-refractivity contribution in [1.29, 1.82) is 0 Å². The molecule has 7 nitrogen and oxygen atoms in total. The summed E-state index contributed by atoms with van der Waals surface area (Å²) in [5.41, 5.74) is 4.47. The van der Waals surface area contributed by atoms with Crippen LogP contribution in [0.3, 0.4) is 0 Å². The lowest BCUT2D eigenvalue weighted by Gasteiger charge is -2.21. The summed E-state index contributed by atoms with van der Waals surface area (Å²) in [5, 5.41) is 17.7. The van der Waals surface area contributed by atoms with E-state index < -0.39 is 5.91 Å². The fourth-order valence-corrected chi connectivity index (χ4v) is 3.45. The second-order valence-corrected chi connectivity index (χ2v) is 7.21. The molecule has 0 radical (unpaired) electrons. The monoisotopic (exact) mass is 402 g/mol. The molecule has 0 atom stereocenters. The van der Waals surface area contributed by atoms with Gasteiger partial charge in [-0.15, -0.1) is 0 Å². The van der Waals surface area contributed by atoms with Crippen LogP contribution in [0.5, 0.6) is 0 Å². The number of nitrogens with zero attached hydrogens (tertiary/aromatic N) is 3. The molecule has 7 heteroatoms. The number of hydrogen-bond donors (Lipinski definition) is 3. The lowest BCUT2D eigenvalue weighted by atomic mass is 10.2. The van der Waals surface area contributed by atoms with E-state index in [2.05, 4.69) is 23.3 Å². The standard InChI is InChI=1S/C22H34N4O3/c1-3-5-6-8-21-23-19-17-18(10-12-22(28)24-29)9-11-20(19)26(21)15-14-25(4-2)13-7-16-27/h9-12,17,27,29H,3-8,13-16H2,1-2H3,(H,24,28). The van der Waals surface area contributed by atoms with Crippen molar-refractivity contribution in [3.8, 4) is 0 Å². The highest BCUT2D eigenvalue weighted by Crippen LogP contribution is 2.20. The number of aryl methyl sites for hydroxylation is 1. The molecule has 0 saturated carbocycles. The first-order chi connectivity index (χ1) is 14.1. The van der Waals surface area contributed by atoms with Gasteiger partial charge >= 0.3 is 0 Å². The maximum atomic E-state index is 11.2. The van der Waals surface area contributed by atoms with Gasteiger partial charge in [-0.05, 0) is 43.2 Å². The van der Waals surface area contributed by atoms with E-state index in [4.69, 9.17) is 15.3 Å². The quantitative estimate of drug-likeness (QED) is 0.207. The Bertz CT molecular complexity index is 801. The van der Waals surface area contributed by atoms with Crippen molar-refractivity contribution < 1.29 is 15.1 Å². The normalized spacial score (nSPS) is 11.8. The summed E-state index contributed by atoms with van der Waals surface area (Å²) in [7, 11) is 0. The van der Waals surface area contributed by atoms with Gasteiger partial charge in [-0.3, -0.25) is 10.0 Å². The summed E-state index contributed by atoms with van der Waals surface area (Å²) in [6, 6.07) is 5.98. The molecule has 0 aliphatic rings. The Hall–Kier alpha value is -2.22. The smallest absolute Gasteiger partial charge is 0.267 e. The van der Waals surface area contributed by atoms with E-state index in [1.807, 2.05) is 18.2 Å². The van der Waals surface area contributed by atoms with Crippen molar-refractivity contribution in [2.45, 2.75) is 52.5 Å². The van der Waals surface area contributed by atoms with Gasteiger partial charge in [0.2, 0.25) is 0 Å². The third kappa shape index (κ3) is 6.96. The Morgan fingerprint density at radius 1 is 1.24 bits per heavy atom. The zero-order valence-electron chi connectivity index (χ0n) is 17.6. The van der Waals surface area contributed by atoms with Gasteiger partial charge in [0, 0.05) is 38.7 Å². The Kier molecular flexibility index (Phi) is 9.83. The van der Waals surface area contributed by atoms with E-state index in [1.54, 1.807) is 11.6 Å². The Morgan fingerprint density at radius 2 is 2.07 bits per heavy atom. The molecule has 1 aromatic heterocycles. The summed E-state index contributed by atoms with van der Waals surface area (Å²) >= 11 is 0. The van der Waals surface area contributed by atoms with Crippen LogP contribution in [0.4, 0.5) is 0 Å². The van der Waals surface area contributed by atoms with Crippen LogP contribution in [0.1, 0.15) is 50.9 Å². The molecule has 1 aromatic carbocycles. The number of fused-ring (bicyclic) bond motifs is 1. The van der Waals surface area contributed by atoms with Gasteiger partial charge in [0.25, 0.3) is 5.91 Å². The van der Waals surface area contributed by atoms with Crippen molar-refractivity contribution >= 4 is 23.0 Å². The highest BCUT2D eigenvalue weighted by atomic mass is 16.5. The molecule has 0 unspecified atom stereocenters. The average molecular weight is 403 g/mol. The largest absolute Gasteiger partial charge is 0.396 e. The van der Waals surface area contributed by atoms with Crippen molar-refractivity contribution in [2.75, 3.05) is 26.2 Å². The van der Waals surface area contributed by atoms with Gasteiger partial charge in [0.1, 0.15) is 5.82 Å². The van der Waals surface area contributed by atoms with Gasteiger partial charge in [-0.2, -0.15) is 0 Å². The molecular weight excluding hydrogens is 368 g/mol. The van der Waals surface area contributed by atoms with E-state index in [-0.39, 0.29) is 6.61 Å². The molecule has 0 aliphatic heterocycles. The number of benzene rings is 1. The Balaban J connectivity index is 2.25. The third-order valence-electron chi connectivity index (χ3n) is 5.11. The first-order valence-electron chi connectivity index (χ1n) is 10.6. The number of aliphatic hydroxyl groups is 1. The molecule has 0 aliphatic carbocycles. The Morgan fingerprint density at radius 3 is 2.76 bits per heavy atom. The van der Waals surface area contributed by atoms with Crippen LogP contribution in [0.25, 0.3) is 17.1 Å². The highest BCUT2D eigenvalue weighted by molar-refractivity contribution is 5.91. The van der Waals surface area contributed by atoms with Crippen molar-refractivity contribution in [3.63, 3.8) is 0 Å². The van der Waals surface area contributed by atoms with Crippen molar-refractivity contribution in [3.05, 3.63) is 35.7 Å².